The minimum atomic E-state index is -2.07. The predicted octanol–water partition coefficient (Wildman–Crippen LogP) is 6.57. The smallest absolute Gasteiger partial charge is 0.459 e. The summed E-state index contributed by atoms with van der Waals surface area (Å²) in [5, 5.41) is 2.94. The van der Waals surface area contributed by atoms with Gasteiger partial charge in [-0.05, 0) is 59.4 Å². The molecule has 3 aromatic carbocycles. The molecule has 0 aliphatic carbocycles. The van der Waals surface area contributed by atoms with Crippen LogP contribution in [0.4, 0.5) is 0 Å². The third-order valence-corrected chi connectivity index (χ3v) is 8.64. The first kappa shape index (κ1) is 35.1. The van der Waals surface area contributed by atoms with E-state index in [2.05, 4.69) is 5.32 Å². The number of hydrogen-bond acceptors (Lipinski definition) is 6. The minimum Gasteiger partial charge on any atom is -0.459 e. The minimum absolute atomic E-state index is 0.111. The number of esters is 1. The third kappa shape index (κ3) is 12.7. The maximum atomic E-state index is 14.1. The number of hydroxylamine groups is 1. The van der Waals surface area contributed by atoms with Crippen molar-refractivity contribution >= 4 is 19.8 Å². The first-order valence-electron chi connectivity index (χ1n) is 15.5. The standard InChI is InChI=1S/C35H46N3O5P/c1-28(2)24-32(35(40)42-26-30-18-10-6-11-19-30)37-34(39)33(25-29-16-8-5-9-17-29)38(43-27-31-20-12-7-13-21-31)44(41)23-15-4-3-14-22-36/h5-13,16-21,28,32-33H,3-4,14-15,22-27,36H2,1-2H3/p+1/t32-,33-/m0/s1. The van der Waals surface area contributed by atoms with Gasteiger partial charge in [-0.25, -0.2) is 4.79 Å². The van der Waals surface area contributed by atoms with Crippen LogP contribution in [0.5, 0.6) is 0 Å². The summed E-state index contributed by atoms with van der Waals surface area (Å²) in [6.45, 7) is 4.87. The number of amides is 1. The van der Waals surface area contributed by atoms with E-state index >= 15 is 0 Å². The normalized spacial score (nSPS) is 13.0. The third-order valence-electron chi connectivity index (χ3n) is 7.10. The fourth-order valence-corrected chi connectivity index (χ4v) is 6.13. The number of carbonyl (C=O) groups is 2. The van der Waals surface area contributed by atoms with E-state index in [1.165, 1.54) is 4.83 Å². The van der Waals surface area contributed by atoms with Gasteiger partial charge in [0.15, 0.2) is 12.2 Å². The number of nitrogens with zero attached hydrogens (tertiary/aromatic N) is 1. The molecule has 9 heteroatoms. The van der Waals surface area contributed by atoms with E-state index in [1.54, 1.807) is 0 Å². The van der Waals surface area contributed by atoms with Crippen LogP contribution in [0.3, 0.4) is 0 Å². The highest BCUT2D eigenvalue weighted by atomic mass is 31.1. The zero-order valence-electron chi connectivity index (χ0n) is 26.0. The second-order valence-electron chi connectivity index (χ2n) is 11.3. The highest BCUT2D eigenvalue weighted by Crippen LogP contribution is 2.34. The molecule has 0 heterocycles. The van der Waals surface area contributed by atoms with Crippen LogP contribution in [-0.2, 0) is 43.4 Å². The molecular formula is C35H47N3O5P+. The average Bonchev–Trinajstić information content (AvgIpc) is 3.04. The number of nitrogens with two attached hydrogens (primary N) is 1. The SMILES string of the molecule is CC(C)C[C@H](NC(=O)[C@H](Cc1ccccc1)N(OCc1ccccc1)[P+](=O)CCCCCCN)C(=O)OCc1ccccc1. The highest BCUT2D eigenvalue weighted by Gasteiger charge is 2.42. The number of unbranched alkanes of at least 4 members (excludes halogenated alkanes) is 3. The lowest BCUT2D eigenvalue weighted by Gasteiger charge is -2.25. The molecule has 3 N–H and O–H groups in total. The highest BCUT2D eigenvalue weighted by molar-refractivity contribution is 7.41. The quantitative estimate of drug-likeness (QED) is 0.0636. The van der Waals surface area contributed by atoms with Crippen LogP contribution in [-0.4, -0.2) is 41.5 Å². The van der Waals surface area contributed by atoms with E-state index in [-0.39, 0.29) is 25.6 Å². The fraction of sp³-hybridized carbons (Fsp3) is 0.429. The maximum absolute atomic E-state index is 14.1. The number of carbonyl (C=O) groups excluding carboxylic acids is 2. The summed E-state index contributed by atoms with van der Waals surface area (Å²) >= 11 is 0. The van der Waals surface area contributed by atoms with Crippen LogP contribution in [0.2, 0.25) is 0 Å². The Hall–Kier alpha value is -3.42. The van der Waals surface area contributed by atoms with Crippen molar-refractivity contribution in [1.82, 2.24) is 10.2 Å². The lowest BCUT2D eigenvalue weighted by atomic mass is 10.0. The summed E-state index contributed by atoms with van der Waals surface area (Å²) in [7, 11) is -2.07. The van der Waals surface area contributed by atoms with Gasteiger partial charge in [-0.3, -0.25) is 9.63 Å². The van der Waals surface area contributed by atoms with Crippen molar-refractivity contribution in [3.63, 3.8) is 0 Å². The molecule has 0 spiro atoms. The van der Waals surface area contributed by atoms with Crippen molar-refractivity contribution in [3.8, 4) is 0 Å². The monoisotopic (exact) mass is 620 g/mol. The van der Waals surface area contributed by atoms with E-state index in [9.17, 15) is 14.2 Å². The van der Waals surface area contributed by atoms with Crippen molar-refractivity contribution in [2.45, 2.75) is 77.7 Å². The van der Waals surface area contributed by atoms with Crippen molar-refractivity contribution in [2.24, 2.45) is 11.7 Å². The Morgan fingerprint density at radius 2 is 1.34 bits per heavy atom. The van der Waals surface area contributed by atoms with Crippen molar-refractivity contribution in [1.29, 1.82) is 0 Å². The Balaban J connectivity index is 1.84. The number of benzene rings is 3. The Labute approximate surface area is 263 Å². The summed E-state index contributed by atoms with van der Waals surface area (Å²) in [6, 6.07) is 26.8. The van der Waals surface area contributed by atoms with Gasteiger partial charge in [-0.15, -0.1) is 0 Å². The maximum Gasteiger partial charge on any atom is 0.461 e. The summed E-state index contributed by atoms with van der Waals surface area (Å²) in [5.74, 6) is -0.821. The number of ether oxygens (including phenoxy) is 1. The number of rotatable bonds is 20. The molecule has 0 radical (unpaired) electrons. The molecule has 0 saturated carbocycles. The van der Waals surface area contributed by atoms with Gasteiger partial charge in [-0.2, -0.15) is 0 Å². The fourth-order valence-electron chi connectivity index (χ4n) is 4.76. The van der Waals surface area contributed by atoms with Crippen LogP contribution in [0.1, 0.15) is 62.6 Å². The summed E-state index contributed by atoms with van der Waals surface area (Å²) in [4.78, 5) is 34.9. The van der Waals surface area contributed by atoms with Crippen LogP contribution >= 0.6 is 7.95 Å². The molecule has 236 valence electrons. The van der Waals surface area contributed by atoms with Crippen LogP contribution in [0, 0.1) is 5.92 Å². The molecule has 3 aromatic rings. The molecule has 1 unspecified atom stereocenters. The number of nitrogens with one attached hydrogen (secondary N) is 1. The summed E-state index contributed by atoms with van der Waals surface area (Å²) in [6.07, 6.45) is 4.52. The predicted molar refractivity (Wildman–Crippen MR) is 175 cm³/mol. The molecule has 0 saturated heterocycles. The van der Waals surface area contributed by atoms with Gasteiger partial charge in [0.25, 0.3) is 0 Å². The van der Waals surface area contributed by atoms with Crippen LogP contribution in [0.25, 0.3) is 0 Å². The molecular weight excluding hydrogens is 573 g/mol. The summed E-state index contributed by atoms with van der Waals surface area (Å²) < 4.78 is 19.5. The topological polar surface area (TPSA) is 111 Å². The van der Waals surface area contributed by atoms with E-state index in [1.807, 2.05) is 105 Å². The van der Waals surface area contributed by atoms with E-state index in [0.717, 1.165) is 42.4 Å². The summed E-state index contributed by atoms with van der Waals surface area (Å²) in [5.41, 5.74) is 8.28. The molecule has 3 rings (SSSR count). The first-order valence-corrected chi connectivity index (χ1v) is 16.9. The van der Waals surface area contributed by atoms with Gasteiger partial charge in [0.05, 0.1) is 6.61 Å². The Morgan fingerprint density at radius 1 is 0.795 bits per heavy atom. The average molecular weight is 621 g/mol. The Kier molecular flexibility index (Phi) is 15.8. The van der Waals surface area contributed by atoms with Crippen molar-refractivity contribution in [3.05, 3.63) is 108 Å². The van der Waals surface area contributed by atoms with Gasteiger partial charge in [0.1, 0.15) is 12.6 Å². The van der Waals surface area contributed by atoms with Crippen LogP contribution < -0.4 is 11.1 Å². The van der Waals surface area contributed by atoms with Crippen molar-refractivity contribution < 1.29 is 23.7 Å². The second kappa shape index (κ2) is 19.8. The van der Waals surface area contributed by atoms with Gasteiger partial charge in [0, 0.05) is 11.3 Å². The molecule has 0 aromatic heterocycles. The van der Waals surface area contributed by atoms with E-state index in [0.29, 0.717) is 19.1 Å². The van der Waals surface area contributed by atoms with E-state index < -0.39 is 31.9 Å². The molecule has 1 amide bonds. The molecule has 44 heavy (non-hydrogen) atoms. The number of hydrogen-bond donors (Lipinski definition) is 2. The van der Waals surface area contributed by atoms with Gasteiger partial charge >= 0.3 is 13.9 Å². The molecule has 0 bridgehead atoms. The lowest BCUT2D eigenvalue weighted by Crippen LogP contribution is -2.51. The molecule has 0 aliphatic heterocycles. The lowest BCUT2D eigenvalue weighted by molar-refractivity contribution is -0.157. The molecule has 0 fully saturated rings. The molecule has 0 aliphatic rings. The zero-order chi connectivity index (χ0) is 31.6. The van der Waals surface area contributed by atoms with Crippen molar-refractivity contribution in [2.75, 3.05) is 12.7 Å². The second-order valence-corrected chi connectivity index (χ2v) is 12.9. The zero-order valence-corrected chi connectivity index (χ0v) is 26.9. The Morgan fingerprint density at radius 3 is 1.91 bits per heavy atom. The van der Waals surface area contributed by atoms with Gasteiger partial charge in [0.2, 0.25) is 5.91 Å². The Bertz CT molecular complexity index is 1260. The largest absolute Gasteiger partial charge is 0.461 e. The van der Waals surface area contributed by atoms with Gasteiger partial charge in [-0.1, -0.05) is 111 Å². The van der Waals surface area contributed by atoms with Crippen LogP contribution in [0.15, 0.2) is 91.0 Å². The van der Waals surface area contributed by atoms with Gasteiger partial charge < -0.3 is 15.8 Å². The molecule has 8 nitrogen and oxygen atoms in total. The first-order chi connectivity index (χ1) is 21.4. The van der Waals surface area contributed by atoms with E-state index in [4.69, 9.17) is 15.3 Å². The molecule has 3 atom stereocenters.